The third-order valence-electron chi connectivity index (χ3n) is 4.66. The average molecular weight is 255 g/mol. The second-order valence-electron chi connectivity index (χ2n) is 5.80. The summed E-state index contributed by atoms with van der Waals surface area (Å²) < 4.78 is 5.52. The van der Waals surface area contributed by atoms with E-state index in [0.29, 0.717) is 19.1 Å². The Bertz CT molecular complexity index is 287. The van der Waals surface area contributed by atoms with Crippen molar-refractivity contribution in [3.63, 3.8) is 0 Å². The molecule has 4 nitrogen and oxygen atoms in total. The third kappa shape index (κ3) is 2.86. The lowest BCUT2D eigenvalue weighted by atomic mass is 9.76. The van der Waals surface area contributed by atoms with Crippen LogP contribution in [-0.4, -0.2) is 47.8 Å². The first-order valence-electron chi connectivity index (χ1n) is 7.20. The molecule has 18 heavy (non-hydrogen) atoms. The standard InChI is InChI=1S/C14H25NO3/c1-12-11-18-9-6-14(12,10-13(16)17)15-7-4-2-3-5-8-15/h12H,2-11H2,1H3,(H,16,17). The van der Waals surface area contributed by atoms with Crippen LogP contribution < -0.4 is 0 Å². The van der Waals surface area contributed by atoms with Crippen LogP contribution in [0.1, 0.15) is 45.4 Å². The Labute approximate surface area is 109 Å². The maximum Gasteiger partial charge on any atom is 0.305 e. The van der Waals surface area contributed by atoms with Gasteiger partial charge in [0.2, 0.25) is 0 Å². The lowest BCUT2D eigenvalue weighted by Crippen LogP contribution is -2.58. The summed E-state index contributed by atoms with van der Waals surface area (Å²) in [5.41, 5.74) is -0.172. The monoisotopic (exact) mass is 255 g/mol. The Kier molecular flexibility index (Phi) is 4.62. The van der Waals surface area contributed by atoms with Crippen molar-refractivity contribution in [2.24, 2.45) is 5.92 Å². The highest BCUT2D eigenvalue weighted by Crippen LogP contribution is 2.37. The normalized spacial score (nSPS) is 35.1. The quantitative estimate of drug-likeness (QED) is 0.839. The van der Waals surface area contributed by atoms with Gasteiger partial charge in [0.05, 0.1) is 13.0 Å². The zero-order valence-corrected chi connectivity index (χ0v) is 11.4. The number of hydrogen-bond acceptors (Lipinski definition) is 3. The largest absolute Gasteiger partial charge is 0.481 e. The second-order valence-corrected chi connectivity index (χ2v) is 5.80. The van der Waals surface area contributed by atoms with Gasteiger partial charge in [-0.15, -0.1) is 0 Å². The van der Waals surface area contributed by atoms with Gasteiger partial charge >= 0.3 is 5.97 Å². The van der Waals surface area contributed by atoms with Crippen molar-refractivity contribution in [2.45, 2.75) is 51.0 Å². The first-order chi connectivity index (χ1) is 8.65. The number of nitrogens with zero attached hydrogens (tertiary/aromatic N) is 1. The van der Waals surface area contributed by atoms with E-state index in [1.54, 1.807) is 0 Å². The molecule has 0 spiro atoms. The Morgan fingerprint density at radius 3 is 2.56 bits per heavy atom. The number of rotatable bonds is 3. The van der Waals surface area contributed by atoms with Crippen molar-refractivity contribution < 1.29 is 14.6 Å². The molecular weight excluding hydrogens is 230 g/mol. The van der Waals surface area contributed by atoms with Gasteiger partial charge in [0.1, 0.15) is 0 Å². The van der Waals surface area contributed by atoms with Gasteiger partial charge in [0.15, 0.2) is 0 Å². The molecule has 2 saturated heterocycles. The minimum Gasteiger partial charge on any atom is -0.481 e. The van der Waals surface area contributed by atoms with Crippen molar-refractivity contribution in [1.29, 1.82) is 0 Å². The van der Waals surface area contributed by atoms with Crippen molar-refractivity contribution in [3.05, 3.63) is 0 Å². The Morgan fingerprint density at radius 2 is 2.00 bits per heavy atom. The van der Waals surface area contributed by atoms with E-state index >= 15 is 0 Å². The topological polar surface area (TPSA) is 49.8 Å². The smallest absolute Gasteiger partial charge is 0.305 e. The van der Waals surface area contributed by atoms with E-state index < -0.39 is 5.97 Å². The minimum absolute atomic E-state index is 0.172. The highest BCUT2D eigenvalue weighted by molar-refractivity contribution is 5.68. The van der Waals surface area contributed by atoms with Crippen LogP contribution in [0.15, 0.2) is 0 Å². The predicted molar refractivity (Wildman–Crippen MR) is 69.6 cm³/mol. The molecule has 0 aromatic carbocycles. The molecule has 2 aliphatic heterocycles. The van der Waals surface area contributed by atoms with Gasteiger partial charge in [0.25, 0.3) is 0 Å². The van der Waals surface area contributed by atoms with Crippen LogP contribution in [0, 0.1) is 5.92 Å². The number of ether oxygens (including phenoxy) is 1. The lowest BCUT2D eigenvalue weighted by Gasteiger charge is -2.49. The Morgan fingerprint density at radius 1 is 1.33 bits per heavy atom. The van der Waals surface area contributed by atoms with E-state index in [9.17, 15) is 9.90 Å². The fraction of sp³-hybridized carbons (Fsp3) is 0.929. The SMILES string of the molecule is CC1COCCC1(CC(=O)O)N1CCCCCC1. The van der Waals surface area contributed by atoms with E-state index in [4.69, 9.17) is 4.74 Å². The van der Waals surface area contributed by atoms with Crippen LogP contribution in [0.5, 0.6) is 0 Å². The Hall–Kier alpha value is -0.610. The maximum atomic E-state index is 11.3. The van der Waals surface area contributed by atoms with Crippen molar-refractivity contribution in [2.75, 3.05) is 26.3 Å². The van der Waals surface area contributed by atoms with Gasteiger partial charge in [-0.05, 0) is 38.3 Å². The molecule has 0 saturated carbocycles. The molecule has 0 bridgehead atoms. The molecule has 2 unspecified atom stereocenters. The van der Waals surface area contributed by atoms with Crippen LogP contribution in [-0.2, 0) is 9.53 Å². The molecule has 2 aliphatic rings. The molecule has 4 heteroatoms. The van der Waals surface area contributed by atoms with Crippen LogP contribution in [0.25, 0.3) is 0 Å². The van der Waals surface area contributed by atoms with Gasteiger partial charge in [-0.1, -0.05) is 19.8 Å². The molecule has 0 amide bonds. The minimum atomic E-state index is -0.673. The van der Waals surface area contributed by atoms with Gasteiger partial charge in [0, 0.05) is 12.1 Å². The summed E-state index contributed by atoms with van der Waals surface area (Å²) in [6.45, 7) is 5.65. The van der Waals surface area contributed by atoms with Crippen LogP contribution in [0.3, 0.4) is 0 Å². The highest BCUT2D eigenvalue weighted by Gasteiger charge is 2.45. The first-order valence-corrected chi connectivity index (χ1v) is 7.20. The number of carboxylic acid groups (broad SMARTS) is 1. The van der Waals surface area contributed by atoms with Gasteiger partial charge in [-0.3, -0.25) is 9.69 Å². The number of hydrogen-bond donors (Lipinski definition) is 1. The molecule has 2 rings (SSSR count). The molecule has 0 aromatic heterocycles. The summed E-state index contributed by atoms with van der Waals surface area (Å²) in [6, 6.07) is 0. The molecule has 0 aromatic rings. The van der Waals surface area contributed by atoms with Crippen molar-refractivity contribution >= 4 is 5.97 Å². The van der Waals surface area contributed by atoms with E-state index in [2.05, 4.69) is 11.8 Å². The third-order valence-corrected chi connectivity index (χ3v) is 4.66. The number of carbonyl (C=O) groups is 1. The van der Waals surface area contributed by atoms with Crippen LogP contribution in [0.2, 0.25) is 0 Å². The van der Waals surface area contributed by atoms with Crippen molar-refractivity contribution in [3.8, 4) is 0 Å². The molecule has 1 N–H and O–H groups in total. The fourth-order valence-corrected chi connectivity index (χ4v) is 3.53. The van der Waals surface area contributed by atoms with Crippen LogP contribution in [0.4, 0.5) is 0 Å². The van der Waals surface area contributed by atoms with E-state index in [1.807, 2.05) is 0 Å². The van der Waals surface area contributed by atoms with Crippen molar-refractivity contribution in [1.82, 2.24) is 4.90 Å². The number of likely N-dealkylation sites (tertiary alicyclic amines) is 1. The van der Waals surface area contributed by atoms with Gasteiger partial charge < -0.3 is 9.84 Å². The lowest BCUT2D eigenvalue weighted by molar-refractivity contribution is -0.146. The molecule has 2 atom stereocenters. The van der Waals surface area contributed by atoms with E-state index in [0.717, 1.165) is 19.5 Å². The predicted octanol–water partition coefficient (Wildman–Crippen LogP) is 2.13. The highest BCUT2D eigenvalue weighted by atomic mass is 16.5. The molecule has 104 valence electrons. The van der Waals surface area contributed by atoms with E-state index in [-0.39, 0.29) is 12.0 Å². The molecule has 2 fully saturated rings. The first kappa shape index (κ1) is 13.8. The summed E-state index contributed by atoms with van der Waals surface area (Å²) in [7, 11) is 0. The molecule has 0 radical (unpaired) electrons. The summed E-state index contributed by atoms with van der Waals surface area (Å²) in [5.74, 6) is -0.367. The number of carboxylic acids is 1. The van der Waals surface area contributed by atoms with Gasteiger partial charge in [-0.2, -0.15) is 0 Å². The van der Waals surface area contributed by atoms with E-state index in [1.165, 1.54) is 25.7 Å². The summed E-state index contributed by atoms with van der Waals surface area (Å²) >= 11 is 0. The molecule has 0 aliphatic carbocycles. The Balaban J connectivity index is 2.18. The number of aliphatic carboxylic acids is 1. The summed E-state index contributed by atoms with van der Waals surface area (Å²) in [6.07, 6.45) is 6.09. The average Bonchev–Trinajstić information content (AvgIpc) is 2.60. The zero-order chi connectivity index (χ0) is 13.0. The molecular formula is C14H25NO3. The fourth-order valence-electron chi connectivity index (χ4n) is 3.53. The zero-order valence-electron chi connectivity index (χ0n) is 11.4. The maximum absolute atomic E-state index is 11.3. The summed E-state index contributed by atoms with van der Waals surface area (Å²) in [4.78, 5) is 13.7. The second kappa shape index (κ2) is 6.02. The van der Waals surface area contributed by atoms with Gasteiger partial charge in [-0.25, -0.2) is 0 Å². The van der Waals surface area contributed by atoms with Crippen LogP contribution >= 0.6 is 0 Å². The summed E-state index contributed by atoms with van der Waals surface area (Å²) in [5, 5.41) is 9.28. The molecule has 2 heterocycles.